The van der Waals surface area contributed by atoms with Crippen molar-refractivity contribution < 1.29 is 23.0 Å². The molecule has 0 bridgehead atoms. The molecular weight excluding hydrogens is 454 g/mol. The molecule has 1 aromatic heterocycles. The van der Waals surface area contributed by atoms with Gasteiger partial charge in [-0.15, -0.1) is 0 Å². The lowest BCUT2D eigenvalue weighted by atomic mass is 10.0. The molecule has 2 heterocycles. The first kappa shape index (κ1) is 24.0. The van der Waals surface area contributed by atoms with Crippen molar-refractivity contribution >= 4 is 32.6 Å². The van der Waals surface area contributed by atoms with Gasteiger partial charge in [0.15, 0.2) is 4.91 Å². The van der Waals surface area contributed by atoms with Gasteiger partial charge >= 0.3 is 0 Å². The van der Waals surface area contributed by atoms with E-state index in [2.05, 4.69) is 27.8 Å². The van der Waals surface area contributed by atoms with E-state index in [1.165, 1.54) is 24.9 Å². The number of furan rings is 1. The standard InChI is InChI=1S/C25H27N3O5S/c26-15-24(34(31,32)27-16-22(30)17-29)14-23-8-9-25(33-23)20-5-4-19-13-21(7-6-18(19)12-20)28-10-2-1-3-11-28/h4-9,12-14,22,27,29-30H,1-3,10-11,16-17H2/b24-14+. The normalized spacial score (nSPS) is 15.9. The third-order valence-electron chi connectivity index (χ3n) is 5.85. The van der Waals surface area contributed by atoms with E-state index in [-0.39, 0.29) is 5.76 Å². The number of aliphatic hydroxyl groups excluding tert-OH is 2. The zero-order chi connectivity index (χ0) is 24.1. The number of aliphatic hydroxyl groups is 2. The number of sulfonamides is 1. The number of anilines is 1. The van der Waals surface area contributed by atoms with E-state index in [1.54, 1.807) is 18.2 Å². The molecule has 1 saturated heterocycles. The van der Waals surface area contributed by atoms with Gasteiger partial charge in [0.25, 0.3) is 10.0 Å². The van der Waals surface area contributed by atoms with Crippen LogP contribution in [0.1, 0.15) is 25.0 Å². The predicted octanol–water partition coefficient (Wildman–Crippen LogP) is 3.23. The van der Waals surface area contributed by atoms with E-state index in [4.69, 9.17) is 9.52 Å². The molecule has 1 aliphatic heterocycles. The molecule has 1 unspecified atom stereocenters. The van der Waals surface area contributed by atoms with Gasteiger partial charge in [-0.05, 0) is 60.4 Å². The molecule has 1 aliphatic rings. The van der Waals surface area contributed by atoms with Crippen LogP contribution in [-0.4, -0.2) is 51.0 Å². The summed E-state index contributed by atoms with van der Waals surface area (Å²) in [7, 11) is -4.16. The van der Waals surface area contributed by atoms with Crippen molar-refractivity contribution in [2.45, 2.75) is 25.4 Å². The number of fused-ring (bicyclic) bond motifs is 1. The van der Waals surface area contributed by atoms with Gasteiger partial charge in [0.05, 0.1) is 12.7 Å². The molecule has 0 aliphatic carbocycles. The number of hydrogen-bond acceptors (Lipinski definition) is 7. The molecule has 34 heavy (non-hydrogen) atoms. The van der Waals surface area contributed by atoms with Crippen molar-refractivity contribution in [2.75, 3.05) is 31.1 Å². The Kier molecular flexibility index (Phi) is 7.34. The summed E-state index contributed by atoms with van der Waals surface area (Å²) in [6.45, 7) is 1.17. The fraction of sp³-hybridized carbons (Fsp3) is 0.320. The van der Waals surface area contributed by atoms with Crippen molar-refractivity contribution in [1.29, 1.82) is 5.26 Å². The number of nitrogens with zero attached hydrogens (tertiary/aromatic N) is 2. The molecule has 2 aromatic carbocycles. The van der Waals surface area contributed by atoms with E-state index >= 15 is 0 Å². The number of nitriles is 1. The number of nitrogens with one attached hydrogen (secondary N) is 1. The van der Waals surface area contributed by atoms with Crippen LogP contribution < -0.4 is 9.62 Å². The number of benzene rings is 2. The van der Waals surface area contributed by atoms with Crippen LogP contribution in [0.2, 0.25) is 0 Å². The molecule has 9 heteroatoms. The lowest BCUT2D eigenvalue weighted by molar-refractivity contribution is 0.0989. The largest absolute Gasteiger partial charge is 0.457 e. The Labute approximate surface area is 198 Å². The summed E-state index contributed by atoms with van der Waals surface area (Å²) in [4.78, 5) is 1.87. The fourth-order valence-corrected chi connectivity index (χ4v) is 4.93. The number of piperidine rings is 1. The highest BCUT2D eigenvalue weighted by atomic mass is 32.2. The van der Waals surface area contributed by atoms with E-state index in [0.29, 0.717) is 5.76 Å². The first-order valence-corrected chi connectivity index (χ1v) is 12.7. The Morgan fingerprint density at radius 2 is 1.85 bits per heavy atom. The Morgan fingerprint density at radius 3 is 2.59 bits per heavy atom. The number of rotatable bonds is 8. The van der Waals surface area contributed by atoms with Gasteiger partial charge in [-0.25, -0.2) is 13.1 Å². The quantitative estimate of drug-likeness (QED) is 0.422. The fourth-order valence-electron chi connectivity index (χ4n) is 3.97. The number of allylic oxidation sites excluding steroid dienone is 1. The van der Waals surface area contributed by atoms with Crippen LogP contribution in [0.25, 0.3) is 28.2 Å². The summed E-state index contributed by atoms with van der Waals surface area (Å²) in [5.74, 6) is 0.756. The Bertz CT molecular complexity index is 1330. The van der Waals surface area contributed by atoms with Crippen molar-refractivity contribution in [1.82, 2.24) is 4.72 Å². The Balaban J connectivity index is 1.54. The lowest BCUT2D eigenvalue weighted by Crippen LogP contribution is -2.34. The highest BCUT2D eigenvalue weighted by Crippen LogP contribution is 2.30. The topological polar surface area (TPSA) is 127 Å². The second-order valence-electron chi connectivity index (χ2n) is 8.30. The summed E-state index contributed by atoms with van der Waals surface area (Å²) in [6.07, 6.45) is 3.61. The highest BCUT2D eigenvalue weighted by Gasteiger charge is 2.20. The van der Waals surface area contributed by atoms with Gasteiger partial charge in [0.2, 0.25) is 0 Å². The average molecular weight is 482 g/mol. The van der Waals surface area contributed by atoms with Crippen molar-refractivity contribution in [3.63, 3.8) is 0 Å². The monoisotopic (exact) mass is 481 g/mol. The molecule has 8 nitrogen and oxygen atoms in total. The van der Waals surface area contributed by atoms with Gasteiger partial charge in [-0.3, -0.25) is 0 Å². The predicted molar refractivity (Wildman–Crippen MR) is 131 cm³/mol. The van der Waals surface area contributed by atoms with E-state index in [1.807, 2.05) is 18.2 Å². The third kappa shape index (κ3) is 5.48. The summed E-state index contributed by atoms with van der Waals surface area (Å²) in [5, 5.41) is 29.7. The molecule has 0 amide bonds. The average Bonchev–Trinajstić information content (AvgIpc) is 3.34. The maximum atomic E-state index is 12.3. The van der Waals surface area contributed by atoms with Crippen LogP contribution in [0.15, 0.2) is 57.9 Å². The minimum atomic E-state index is -4.16. The summed E-state index contributed by atoms with van der Waals surface area (Å²) < 4.78 is 32.5. The minimum absolute atomic E-state index is 0.208. The molecule has 0 saturated carbocycles. The maximum absolute atomic E-state index is 12.3. The molecule has 178 valence electrons. The maximum Gasteiger partial charge on any atom is 0.250 e. The van der Waals surface area contributed by atoms with Gasteiger partial charge in [0, 0.05) is 37.0 Å². The van der Waals surface area contributed by atoms with Gasteiger partial charge < -0.3 is 19.5 Å². The first-order valence-electron chi connectivity index (χ1n) is 11.2. The Morgan fingerprint density at radius 1 is 1.12 bits per heavy atom. The molecule has 4 rings (SSSR count). The van der Waals surface area contributed by atoms with E-state index < -0.39 is 34.2 Å². The van der Waals surface area contributed by atoms with Gasteiger partial charge in [-0.1, -0.05) is 18.2 Å². The SMILES string of the molecule is N#C/C(=C\c1ccc(-c2ccc3cc(N4CCCCC4)ccc3c2)o1)S(=O)(=O)NCC(O)CO. The summed E-state index contributed by atoms with van der Waals surface area (Å²) in [6, 6.07) is 17.4. The van der Waals surface area contributed by atoms with Crippen LogP contribution in [-0.2, 0) is 10.0 Å². The second-order valence-corrected chi connectivity index (χ2v) is 10.0. The second kappa shape index (κ2) is 10.4. The third-order valence-corrected chi connectivity index (χ3v) is 7.18. The van der Waals surface area contributed by atoms with Crippen molar-refractivity contribution in [2.24, 2.45) is 0 Å². The molecule has 0 radical (unpaired) electrons. The number of hydrogen-bond donors (Lipinski definition) is 3. The molecule has 0 spiro atoms. The van der Waals surface area contributed by atoms with Crippen LogP contribution in [0, 0.1) is 11.3 Å². The molecule has 3 N–H and O–H groups in total. The van der Waals surface area contributed by atoms with Crippen molar-refractivity contribution in [3.05, 3.63) is 59.2 Å². The van der Waals surface area contributed by atoms with Crippen LogP contribution in [0.3, 0.4) is 0 Å². The molecule has 1 fully saturated rings. The van der Waals surface area contributed by atoms with Crippen LogP contribution >= 0.6 is 0 Å². The highest BCUT2D eigenvalue weighted by molar-refractivity contribution is 7.93. The van der Waals surface area contributed by atoms with Gasteiger partial charge in [-0.2, -0.15) is 5.26 Å². The van der Waals surface area contributed by atoms with Gasteiger partial charge in [0.1, 0.15) is 17.6 Å². The van der Waals surface area contributed by atoms with E-state index in [9.17, 15) is 18.8 Å². The smallest absolute Gasteiger partial charge is 0.250 e. The molecule has 1 atom stereocenters. The molecular formula is C25H27N3O5S. The molecule has 3 aromatic rings. The summed E-state index contributed by atoms with van der Waals surface area (Å²) in [5.41, 5.74) is 2.07. The zero-order valence-electron chi connectivity index (χ0n) is 18.6. The minimum Gasteiger partial charge on any atom is -0.457 e. The zero-order valence-corrected chi connectivity index (χ0v) is 19.5. The van der Waals surface area contributed by atoms with E-state index in [0.717, 1.165) is 35.5 Å². The first-order chi connectivity index (χ1) is 16.4. The lowest BCUT2D eigenvalue weighted by Gasteiger charge is -2.29. The van der Waals surface area contributed by atoms with Crippen molar-refractivity contribution in [3.8, 4) is 17.4 Å². The van der Waals surface area contributed by atoms with Crippen LogP contribution in [0.5, 0.6) is 0 Å². The van der Waals surface area contributed by atoms with Crippen LogP contribution in [0.4, 0.5) is 5.69 Å². The summed E-state index contributed by atoms with van der Waals surface area (Å²) >= 11 is 0. The Hall–Kier alpha value is -3.16.